The third-order valence-corrected chi connectivity index (χ3v) is 3.32. The van der Waals surface area contributed by atoms with Crippen LogP contribution in [0.4, 0.5) is 0 Å². The van der Waals surface area contributed by atoms with Crippen molar-refractivity contribution in [3.8, 4) is 0 Å². The highest BCUT2D eigenvalue weighted by Gasteiger charge is 2.38. The van der Waals surface area contributed by atoms with Crippen LogP contribution in [0.3, 0.4) is 0 Å². The van der Waals surface area contributed by atoms with Gasteiger partial charge in [0.2, 0.25) is 5.89 Å². The van der Waals surface area contributed by atoms with E-state index in [1.807, 2.05) is 0 Å². The van der Waals surface area contributed by atoms with Gasteiger partial charge in [-0.1, -0.05) is 19.8 Å². The lowest BCUT2D eigenvalue weighted by Crippen LogP contribution is -2.32. The molecule has 1 aliphatic carbocycles. The molecule has 0 bridgehead atoms. The van der Waals surface area contributed by atoms with Crippen molar-refractivity contribution in [2.45, 2.75) is 44.4 Å². The van der Waals surface area contributed by atoms with Crippen molar-refractivity contribution < 1.29 is 4.42 Å². The second-order valence-corrected chi connectivity index (χ2v) is 4.19. The Labute approximate surface area is 84.7 Å². The Morgan fingerprint density at radius 2 is 2.21 bits per heavy atom. The molecule has 1 aromatic heterocycles. The largest absolute Gasteiger partial charge is 0.448 e. The zero-order valence-electron chi connectivity index (χ0n) is 8.75. The van der Waals surface area contributed by atoms with Crippen LogP contribution >= 0.6 is 0 Å². The summed E-state index contributed by atoms with van der Waals surface area (Å²) in [5.41, 5.74) is 6.94. The highest BCUT2D eigenvalue weighted by molar-refractivity contribution is 5.11. The normalized spacial score (nSPS) is 20.1. The summed E-state index contributed by atoms with van der Waals surface area (Å²) in [7, 11) is 0. The second-order valence-electron chi connectivity index (χ2n) is 4.19. The van der Waals surface area contributed by atoms with Gasteiger partial charge in [0, 0.05) is 6.54 Å². The van der Waals surface area contributed by atoms with Crippen molar-refractivity contribution in [3.05, 3.63) is 17.8 Å². The molecule has 1 aliphatic rings. The minimum Gasteiger partial charge on any atom is -0.448 e. The van der Waals surface area contributed by atoms with Crippen LogP contribution in [-0.4, -0.2) is 11.5 Å². The van der Waals surface area contributed by atoms with Crippen LogP contribution < -0.4 is 5.73 Å². The van der Waals surface area contributed by atoms with E-state index in [2.05, 4.69) is 11.9 Å². The summed E-state index contributed by atoms with van der Waals surface area (Å²) in [5, 5.41) is 0. The Hall–Kier alpha value is -0.830. The number of nitrogens with zero attached hydrogens (tertiary/aromatic N) is 1. The first kappa shape index (κ1) is 9.71. The fourth-order valence-electron chi connectivity index (χ4n) is 2.27. The van der Waals surface area contributed by atoms with Crippen molar-refractivity contribution in [1.29, 1.82) is 0 Å². The fourth-order valence-corrected chi connectivity index (χ4v) is 2.27. The molecule has 0 radical (unpaired) electrons. The van der Waals surface area contributed by atoms with Gasteiger partial charge in [0.15, 0.2) is 0 Å². The number of nitrogens with two attached hydrogens (primary N) is 1. The SMILES string of the molecule is CCc1coc(C2(CN)CCCC2)n1. The van der Waals surface area contributed by atoms with Gasteiger partial charge in [0.25, 0.3) is 0 Å². The molecular weight excluding hydrogens is 176 g/mol. The maximum Gasteiger partial charge on any atom is 0.201 e. The van der Waals surface area contributed by atoms with E-state index in [0.717, 1.165) is 30.8 Å². The Morgan fingerprint density at radius 3 is 2.71 bits per heavy atom. The summed E-state index contributed by atoms with van der Waals surface area (Å²) in [6, 6.07) is 0. The van der Waals surface area contributed by atoms with Gasteiger partial charge in [-0.2, -0.15) is 0 Å². The molecule has 14 heavy (non-hydrogen) atoms. The Bertz CT molecular complexity index is 300. The van der Waals surface area contributed by atoms with Gasteiger partial charge in [0.1, 0.15) is 6.26 Å². The highest BCUT2D eigenvalue weighted by atomic mass is 16.3. The van der Waals surface area contributed by atoms with Crippen LogP contribution in [0.25, 0.3) is 0 Å². The number of rotatable bonds is 3. The molecule has 0 spiro atoms. The van der Waals surface area contributed by atoms with Crippen LogP contribution in [0.5, 0.6) is 0 Å². The molecule has 78 valence electrons. The molecule has 1 saturated carbocycles. The van der Waals surface area contributed by atoms with Crippen LogP contribution in [-0.2, 0) is 11.8 Å². The molecule has 0 atom stereocenters. The van der Waals surface area contributed by atoms with Crippen molar-refractivity contribution >= 4 is 0 Å². The molecule has 3 heteroatoms. The van der Waals surface area contributed by atoms with Crippen molar-refractivity contribution in [3.63, 3.8) is 0 Å². The Balaban J connectivity index is 2.26. The van der Waals surface area contributed by atoms with Crippen LogP contribution in [0.15, 0.2) is 10.7 Å². The van der Waals surface area contributed by atoms with Gasteiger partial charge in [-0.25, -0.2) is 4.98 Å². The lowest BCUT2D eigenvalue weighted by molar-refractivity contribution is 0.332. The van der Waals surface area contributed by atoms with Gasteiger partial charge in [-0.05, 0) is 19.3 Å². The zero-order valence-corrected chi connectivity index (χ0v) is 8.75. The van der Waals surface area contributed by atoms with Gasteiger partial charge >= 0.3 is 0 Å². The number of hydrogen-bond acceptors (Lipinski definition) is 3. The average Bonchev–Trinajstić information content (AvgIpc) is 2.87. The maximum absolute atomic E-state index is 5.85. The first-order valence-electron chi connectivity index (χ1n) is 5.46. The second kappa shape index (κ2) is 3.73. The third-order valence-electron chi connectivity index (χ3n) is 3.32. The number of oxazole rings is 1. The quantitative estimate of drug-likeness (QED) is 0.800. The molecule has 3 nitrogen and oxygen atoms in total. The predicted octanol–water partition coefficient (Wildman–Crippen LogP) is 2.01. The molecule has 2 rings (SSSR count). The molecule has 0 saturated heterocycles. The minimum absolute atomic E-state index is 0.0490. The summed E-state index contributed by atoms with van der Waals surface area (Å²) in [6.45, 7) is 2.75. The van der Waals surface area contributed by atoms with Gasteiger partial charge in [-0.3, -0.25) is 0 Å². The van der Waals surface area contributed by atoms with Gasteiger partial charge < -0.3 is 10.2 Å². The summed E-state index contributed by atoms with van der Waals surface area (Å²) in [4.78, 5) is 4.51. The Morgan fingerprint density at radius 1 is 1.50 bits per heavy atom. The topological polar surface area (TPSA) is 52.0 Å². The molecule has 0 aliphatic heterocycles. The van der Waals surface area contributed by atoms with E-state index >= 15 is 0 Å². The third kappa shape index (κ3) is 1.46. The smallest absolute Gasteiger partial charge is 0.201 e. The number of hydrogen-bond donors (Lipinski definition) is 1. The molecule has 1 fully saturated rings. The van der Waals surface area contributed by atoms with Gasteiger partial charge in [-0.15, -0.1) is 0 Å². The average molecular weight is 194 g/mol. The first-order chi connectivity index (χ1) is 6.80. The standard InChI is InChI=1S/C11H18N2O/c1-2-9-7-14-10(13-9)11(8-12)5-3-4-6-11/h7H,2-6,8,12H2,1H3. The molecule has 2 N–H and O–H groups in total. The van der Waals surface area contributed by atoms with Crippen LogP contribution in [0.1, 0.15) is 44.2 Å². The maximum atomic E-state index is 5.85. The van der Waals surface area contributed by atoms with Crippen molar-refractivity contribution in [2.24, 2.45) is 5.73 Å². The Kier molecular flexibility index (Phi) is 2.59. The monoisotopic (exact) mass is 194 g/mol. The van der Waals surface area contributed by atoms with Gasteiger partial charge in [0.05, 0.1) is 11.1 Å². The van der Waals surface area contributed by atoms with E-state index in [-0.39, 0.29) is 5.41 Å². The highest BCUT2D eigenvalue weighted by Crippen LogP contribution is 2.39. The molecule has 1 heterocycles. The zero-order chi connectivity index (χ0) is 10.0. The lowest BCUT2D eigenvalue weighted by Gasteiger charge is -2.22. The predicted molar refractivity (Wildman–Crippen MR) is 55.1 cm³/mol. The first-order valence-corrected chi connectivity index (χ1v) is 5.46. The molecular formula is C11H18N2O. The van der Waals surface area contributed by atoms with Crippen molar-refractivity contribution in [2.75, 3.05) is 6.54 Å². The molecule has 0 amide bonds. The molecule has 1 aromatic rings. The summed E-state index contributed by atoms with van der Waals surface area (Å²) in [5.74, 6) is 0.870. The van der Waals surface area contributed by atoms with Crippen LogP contribution in [0, 0.1) is 0 Å². The van der Waals surface area contributed by atoms with Crippen LogP contribution in [0.2, 0.25) is 0 Å². The lowest BCUT2D eigenvalue weighted by atomic mass is 9.86. The molecule has 0 aromatic carbocycles. The fraction of sp³-hybridized carbons (Fsp3) is 0.727. The summed E-state index contributed by atoms with van der Waals surface area (Å²) in [6.07, 6.45) is 7.47. The number of aromatic nitrogens is 1. The number of aryl methyl sites for hydroxylation is 1. The van der Waals surface area contributed by atoms with E-state index in [0.29, 0.717) is 6.54 Å². The summed E-state index contributed by atoms with van der Waals surface area (Å²) >= 11 is 0. The van der Waals surface area contributed by atoms with E-state index in [1.165, 1.54) is 12.8 Å². The van der Waals surface area contributed by atoms with E-state index in [4.69, 9.17) is 10.2 Å². The molecule has 0 unspecified atom stereocenters. The minimum atomic E-state index is 0.0490. The van der Waals surface area contributed by atoms with Crippen molar-refractivity contribution in [1.82, 2.24) is 4.98 Å². The summed E-state index contributed by atoms with van der Waals surface area (Å²) < 4.78 is 5.54. The van der Waals surface area contributed by atoms with E-state index in [1.54, 1.807) is 6.26 Å². The van der Waals surface area contributed by atoms with E-state index < -0.39 is 0 Å². The van der Waals surface area contributed by atoms with E-state index in [9.17, 15) is 0 Å².